The summed E-state index contributed by atoms with van der Waals surface area (Å²) in [6.07, 6.45) is -0.349. The second-order valence-corrected chi connectivity index (χ2v) is 7.76. The molecule has 0 amide bonds. The number of fused-ring (bicyclic) bond motifs is 1. The van der Waals surface area contributed by atoms with Crippen LogP contribution in [0.2, 0.25) is 5.02 Å². The molecule has 5 nitrogen and oxygen atoms in total. The predicted octanol–water partition coefficient (Wildman–Crippen LogP) is 4.55. The molecule has 0 saturated heterocycles. The van der Waals surface area contributed by atoms with Crippen molar-refractivity contribution >= 4 is 38.9 Å². The fraction of sp³-hybridized carbons (Fsp3) is 0.300. The van der Waals surface area contributed by atoms with Crippen molar-refractivity contribution in [1.29, 1.82) is 0 Å². The zero-order valence-corrected chi connectivity index (χ0v) is 16.3. The van der Waals surface area contributed by atoms with Gasteiger partial charge in [0, 0.05) is 17.4 Å². The third-order valence-corrected chi connectivity index (χ3v) is 5.47. The predicted molar refractivity (Wildman–Crippen MR) is 107 cm³/mol. The van der Waals surface area contributed by atoms with Gasteiger partial charge in [-0.1, -0.05) is 42.0 Å². The summed E-state index contributed by atoms with van der Waals surface area (Å²) in [7, 11) is 0. The molecule has 2 N–H and O–H groups in total. The van der Waals surface area contributed by atoms with Gasteiger partial charge in [-0.3, -0.25) is 4.79 Å². The molecule has 0 saturated carbocycles. The molecule has 3 aromatic rings. The number of Topliss-reactive ketones (excluding diaryl/α,β-unsaturated/α-hetero) is 1. The number of aromatic nitrogens is 1. The highest BCUT2D eigenvalue weighted by atomic mass is 35.5. The van der Waals surface area contributed by atoms with E-state index in [4.69, 9.17) is 21.4 Å². The Kier molecular flexibility index (Phi) is 6.44. The van der Waals surface area contributed by atoms with Crippen molar-refractivity contribution in [2.75, 3.05) is 6.61 Å². The molecular weight excluding hydrogens is 386 g/mol. The normalized spacial score (nSPS) is 13.5. The van der Waals surface area contributed by atoms with Gasteiger partial charge in [0.15, 0.2) is 0 Å². The smallest absolute Gasteiger partial charge is 0.279 e. The molecule has 0 bridgehead atoms. The van der Waals surface area contributed by atoms with Crippen LogP contribution in [0.1, 0.15) is 31.2 Å². The van der Waals surface area contributed by atoms with Crippen LogP contribution in [0.25, 0.3) is 10.2 Å². The highest BCUT2D eigenvalue weighted by Crippen LogP contribution is 2.33. The van der Waals surface area contributed by atoms with Gasteiger partial charge < -0.3 is 14.9 Å². The van der Waals surface area contributed by atoms with Crippen molar-refractivity contribution in [3.8, 4) is 10.9 Å². The number of hydrogen-bond donors (Lipinski definition) is 2. The molecule has 3 rings (SSSR count). The Morgan fingerprint density at radius 2 is 2.00 bits per heavy atom. The lowest BCUT2D eigenvalue weighted by molar-refractivity contribution is -0.120. The van der Waals surface area contributed by atoms with E-state index < -0.39 is 6.10 Å². The van der Waals surface area contributed by atoms with Crippen molar-refractivity contribution in [2.24, 2.45) is 0 Å². The second kappa shape index (κ2) is 8.80. The van der Waals surface area contributed by atoms with E-state index in [9.17, 15) is 9.90 Å². The summed E-state index contributed by atoms with van der Waals surface area (Å²) in [5, 5.41) is 19.4. The number of ketones is 1. The molecule has 0 aliphatic carbocycles. The number of aliphatic hydroxyl groups is 2. The Labute approximate surface area is 166 Å². The van der Waals surface area contributed by atoms with Crippen LogP contribution in [0.3, 0.4) is 0 Å². The van der Waals surface area contributed by atoms with E-state index in [-0.39, 0.29) is 31.1 Å². The summed E-state index contributed by atoms with van der Waals surface area (Å²) < 4.78 is 6.77. The van der Waals surface area contributed by atoms with Crippen LogP contribution >= 0.6 is 22.9 Å². The number of rotatable bonds is 8. The van der Waals surface area contributed by atoms with E-state index in [0.717, 1.165) is 15.8 Å². The minimum Gasteiger partial charge on any atom is -0.431 e. The largest absolute Gasteiger partial charge is 0.431 e. The Hall–Kier alpha value is -1.99. The molecule has 142 valence electrons. The monoisotopic (exact) mass is 405 g/mol. The van der Waals surface area contributed by atoms with Gasteiger partial charge >= 0.3 is 0 Å². The Morgan fingerprint density at radius 1 is 1.26 bits per heavy atom. The standard InChI is InChI=1S/C20H20ClNO4S/c1-12(18(25)9-5-15(24)11-23)13-2-6-16(7-3-13)26-20-22-17-8-4-14(21)10-19(17)27-20/h2-4,6-8,10,12,15,23-24H,5,9,11H2,1H3. The first-order valence-electron chi connectivity index (χ1n) is 8.62. The van der Waals surface area contributed by atoms with Crippen LogP contribution < -0.4 is 4.74 Å². The van der Waals surface area contributed by atoms with Gasteiger partial charge in [-0.15, -0.1) is 0 Å². The van der Waals surface area contributed by atoms with E-state index in [1.165, 1.54) is 11.3 Å². The fourth-order valence-corrected chi connectivity index (χ4v) is 3.76. The van der Waals surface area contributed by atoms with Crippen molar-refractivity contribution in [2.45, 2.75) is 31.8 Å². The topological polar surface area (TPSA) is 79.7 Å². The molecule has 0 aliphatic heterocycles. The molecule has 1 heterocycles. The molecule has 7 heteroatoms. The number of halogens is 1. The highest BCUT2D eigenvalue weighted by Gasteiger charge is 2.17. The molecule has 2 atom stereocenters. The minimum absolute atomic E-state index is 0.0271. The lowest BCUT2D eigenvalue weighted by Crippen LogP contribution is -2.16. The van der Waals surface area contributed by atoms with Gasteiger partial charge in [-0.2, -0.15) is 0 Å². The number of carbonyl (C=O) groups excluding carboxylic acids is 1. The minimum atomic E-state index is -0.847. The van der Waals surface area contributed by atoms with Gasteiger partial charge in [0.1, 0.15) is 11.5 Å². The third kappa shape index (κ3) is 5.05. The van der Waals surface area contributed by atoms with Gasteiger partial charge in [0.25, 0.3) is 5.19 Å². The Morgan fingerprint density at radius 3 is 2.70 bits per heavy atom. The van der Waals surface area contributed by atoms with Gasteiger partial charge in [0.2, 0.25) is 0 Å². The summed E-state index contributed by atoms with van der Waals surface area (Å²) >= 11 is 7.41. The first-order valence-corrected chi connectivity index (χ1v) is 9.81. The van der Waals surface area contributed by atoms with E-state index in [2.05, 4.69) is 4.98 Å². The first-order chi connectivity index (χ1) is 13.0. The molecular formula is C20H20ClNO4S. The molecule has 0 spiro atoms. The number of nitrogens with zero attached hydrogens (tertiary/aromatic N) is 1. The second-order valence-electron chi connectivity index (χ2n) is 6.33. The van der Waals surface area contributed by atoms with Gasteiger partial charge in [-0.25, -0.2) is 4.98 Å². The Bertz CT molecular complexity index is 925. The highest BCUT2D eigenvalue weighted by molar-refractivity contribution is 7.20. The van der Waals surface area contributed by atoms with E-state index in [1.807, 2.05) is 31.2 Å². The summed E-state index contributed by atoms with van der Waals surface area (Å²) in [4.78, 5) is 16.6. The van der Waals surface area contributed by atoms with Crippen LogP contribution in [-0.4, -0.2) is 33.7 Å². The van der Waals surface area contributed by atoms with Crippen molar-refractivity contribution in [3.63, 3.8) is 0 Å². The van der Waals surface area contributed by atoms with Gasteiger partial charge in [-0.05, 0) is 42.3 Å². The zero-order chi connectivity index (χ0) is 19.4. The number of thiazole rings is 1. The summed E-state index contributed by atoms with van der Waals surface area (Å²) in [6.45, 7) is 1.51. The van der Waals surface area contributed by atoms with Crippen molar-refractivity contribution in [3.05, 3.63) is 53.1 Å². The SMILES string of the molecule is CC(C(=O)CCC(O)CO)c1ccc(Oc2nc3ccc(Cl)cc3s2)cc1. The lowest BCUT2D eigenvalue weighted by Gasteiger charge is -2.13. The number of hydrogen-bond acceptors (Lipinski definition) is 6. The van der Waals surface area contributed by atoms with Crippen LogP contribution in [0.4, 0.5) is 0 Å². The van der Waals surface area contributed by atoms with Crippen LogP contribution in [0.5, 0.6) is 10.9 Å². The maximum Gasteiger partial charge on any atom is 0.279 e. The molecule has 27 heavy (non-hydrogen) atoms. The van der Waals surface area contributed by atoms with Crippen LogP contribution in [0, 0.1) is 0 Å². The summed E-state index contributed by atoms with van der Waals surface area (Å²) in [5.41, 5.74) is 1.71. The zero-order valence-electron chi connectivity index (χ0n) is 14.8. The molecule has 2 aromatic carbocycles. The molecule has 2 unspecified atom stereocenters. The van der Waals surface area contributed by atoms with Gasteiger partial charge in [0.05, 0.1) is 22.9 Å². The first kappa shape index (κ1) is 19.8. The summed E-state index contributed by atoms with van der Waals surface area (Å²) in [6, 6.07) is 12.8. The molecule has 1 aromatic heterocycles. The maximum atomic E-state index is 12.2. The van der Waals surface area contributed by atoms with E-state index in [0.29, 0.717) is 16.0 Å². The molecule has 0 radical (unpaired) electrons. The Balaban J connectivity index is 1.64. The summed E-state index contributed by atoms with van der Waals surface area (Å²) in [5.74, 6) is 0.382. The molecule has 0 fully saturated rings. The number of aliphatic hydroxyl groups excluding tert-OH is 2. The average molecular weight is 406 g/mol. The maximum absolute atomic E-state index is 12.2. The van der Waals surface area contributed by atoms with Crippen molar-refractivity contribution in [1.82, 2.24) is 4.98 Å². The van der Waals surface area contributed by atoms with E-state index >= 15 is 0 Å². The lowest BCUT2D eigenvalue weighted by atomic mass is 9.93. The number of ether oxygens (including phenoxy) is 1. The average Bonchev–Trinajstić information content (AvgIpc) is 3.07. The quantitative estimate of drug-likeness (QED) is 0.574. The molecule has 0 aliphatic rings. The van der Waals surface area contributed by atoms with Crippen LogP contribution in [-0.2, 0) is 4.79 Å². The number of carbonyl (C=O) groups is 1. The number of benzene rings is 2. The van der Waals surface area contributed by atoms with Crippen molar-refractivity contribution < 1.29 is 19.7 Å². The fourth-order valence-electron chi connectivity index (χ4n) is 2.65. The van der Waals surface area contributed by atoms with E-state index in [1.54, 1.807) is 18.2 Å². The van der Waals surface area contributed by atoms with Crippen LogP contribution in [0.15, 0.2) is 42.5 Å². The third-order valence-electron chi connectivity index (χ3n) is 4.33.